The number of carboxylic acids is 1. The van der Waals surface area contributed by atoms with Gasteiger partial charge in [0.2, 0.25) is 11.1 Å². The molecule has 0 aliphatic heterocycles. The third kappa shape index (κ3) is 9.47. The lowest BCUT2D eigenvalue weighted by atomic mass is 10.1. The number of aliphatic carboxylic acids is 1. The second-order valence-corrected chi connectivity index (χ2v) is 10.3. The molecular weight excluding hydrogens is 503 g/mol. The van der Waals surface area contributed by atoms with Crippen molar-refractivity contribution in [3.05, 3.63) is 101 Å². The van der Waals surface area contributed by atoms with E-state index < -0.39 is 22.3 Å². The zero-order valence-electron chi connectivity index (χ0n) is 19.7. The fourth-order valence-electron chi connectivity index (χ4n) is 3.35. The lowest BCUT2D eigenvalue weighted by molar-refractivity contribution is -0.144. The Morgan fingerprint density at radius 3 is 2.11 bits per heavy atom. The van der Waals surface area contributed by atoms with Crippen molar-refractivity contribution in [2.24, 2.45) is 0 Å². The number of rotatable bonds is 13. The van der Waals surface area contributed by atoms with Crippen LogP contribution in [-0.4, -0.2) is 38.5 Å². The molecule has 0 radical (unpaired) electrons. The molecule has 2 atom stereocenters. The van der Waals surface area contributed by atoms with E-state index in [1.54, 1.807) is 36.4 Å². The van der Waals surface area contributed by atoms with Crippen LogP contribution in [0.25, 0.3) is 0 Å². The van der Waals surface area contributed by atoms with E-state index in [4.69, 9.17) is 8.92 Å². The molecule has 0 bridgehead atoms. The Balaban J connectivity index is 1.43. The fraction of sp³-hybridized carbons (Fsp3) is 0.259. The van der Waals surface area contributed by atoms with Gasteiger partial charge in [-0.05, 0) is 65.1 Å². The highest BCUT2D eigenvalue weighted by molar-refractivity contribution is 8.00. The molecule has 0 amide bonds. The number of thioether (sulfide) groups is 1. The molecule has 3 aromatic carbocycles. The largest absolute Gasteiger partial charge is 0.480 e. The molecular formula is C27H27FO6S2. The van der Waals surface area contributed by atoms with E-state index in [1.165, 1.54) is 30.2 Å². The van der Waals surface area contributed by atoms with E-state index in [0.29, 0.717) is 24.3 Å². The third-order valence-corrected chi connectivity index (χ3v) is 6.87. The van der Waals surface area contributed by atoms with Gasteiger partial charge >= 0.3 is 11.9 Å². The Labute approximate surface area is 216 Å². The van der Waals surface area contributed by atoms with Crippen LogP contribution in [-0.2, 0) is 51.3 Å². The van der Waals surface area contributed by atoms with Crippen LogP contribution in [0.3, 0.4) is 0 Å². The van der Waals surface area contributed by atoms with Gasteiger partial charge in [-0.1, -0.05) is 48.5 Å². The highest BCUT2D eigenvalue weighted by Crippen LogP contribution is 2.20. The average molecular weight is 531 g/mol. The normalized spacial score (nSPS) is 12.5. The number of esters is 1. The standard InChI is InChI=1S/C27H27FO6S2/c1-36(32)34-24-12-8-21(9-13-24)17-26(29)33-18-22-4-2-20(3-5-22)16-25(27(30)31)35-15-14-19-6-10-23(28)11-7-19/h2-13,25H,14-18H2,1H3,(H,30,31). The van der Waals surface area contributed by atoms with E-state index in [1.807, 2.05) is 24.3 Å². The van der Waals surface area contributed by atoms with Gasteiger partial charge in [-0.25, -0.2) is 8.60 Å². The number of carboxylic acid groups (broad SMARTS) is 1. The van der Waals surface area contributed by atoms with Gasteiger partial charge in [0.05, 0.1) is 6.42 Å². The molecule has 0 fully saturated rings. The summed E-state index contributed by atoms with van der Waals surface area (Å²) in [5, 5.41) is 9.00. The third-order valence-electron chi connectivity index (χ3n) is 5.23. The lowest BCUT2D eigenvalue weighted by Gasteiger charge is -2.13. The summed E-state index contributed by atoms with van der Waals surface area (Å²) >= 11 is -0.0473. The quantitative estimate of drug-likeness (QED) is 0.319. The minimum atomic E-state index is -1.41. The zero-order valence-corrected chi connectivity index (χ0v) is 21.4. The summed E-state index contributed by atoms with van der Waals surface area (Å²) in [6, 6.07) is 20.3. The number of hydrogen-bond acceptors (Lipinski definition) is 6. The van der Waals surface area contributed by atoms with Gasteiger partial charge in [0.1, 0.15) is 23.4 Å². The van der Waals surface area contributed by atoms with Crippen molar-refractivity contribution in [1.29, 1.82) is 0 Å². The van der Waals surface area contributed by atoms with Gasteiger partial charge in [0.25, 0.3) is 0 Å². The molecule has 1 N–H and O–H groups in total. The Bertz CT molecular complexity index is 1160. The maximum absolute atomic E-state index is 13.0. The first-order chi connectivity index (χ1) is 17.3. The fourth-order valence-corrected chi connectivity index (χ4v) is 4.83. The van der Waals surface area contributed by atoms with Crippen molar-refractivity contribution in [1.82, 2.24) is 0 Å². The average Bonchev–Trinajstić information content (AvgIpc) is 2.85. The molecule has 0 heterocycles. The van der Waals surface area contributed by atoms with E-state index in [0.717, 1.165) is 22.3 Å². The van der Waals surface area contributed by atoms with Crippen molar-refractivity contribution in [2.75, 3.05) is 12.0 Å². The van der Waals surface area contributed by atoms with E-state index in [-0.39, 0.29) is 24.8 Å². The smallest absolute Gasteiger partial charge is 0.316 e. The van der Waals surface area contributed by atoms with E-state index >= 15 is 0 Å². The Kier molecular flexibility index (Phi) is 10.5. The molecule has 0 saturated heterocycles. The molecule has 0 spiro atoms. The molecule has 9 heteroatoms. The summed E-state index contributed by atoms with van der Waals surface area (Å²) in [6.45, 7) is 0.115. The van der Waals surface area contributed by atoms with Crippen molar-refractivity contribution in [2.45, 2.75) is 31.1 Å². The Morgan fingerprint density at radius 2 is 1.50 bits per heavy atom. The summed E-state index contributed by atoms with van der Waals surface area (Å²) < 4.78 is 34.5. The van der Waals surface area contributed by atoms with E-state index in [2.05, 4.69) is 0 Å². The predicted molar refractivity (Wildman–Crippen MR) is 139 cm³/mol. The molecule has 36 heavy (non-hydrogen) atoms. The Hall–Kier alpha value is -3.17. The van der Waals surface area contributed by atoms with Crippen LogP contribution < -0.4 is 4.18 Å². The lowest BCUT2D eigenvalue weighted by Crippen LogP contribution is -2.20. The molecule has 0 saturated carbocycles. The number of halogens is 1. The van der Waals surface area contributed by atoms with Crippen LogP contribution in [0.1, 0.15) is 22.3 Å². The van der Waals surface area contributed by atoms with Gasteiger partial charge in [-0.15, -0.1) is 11.8 Å². The van der Waals surface area contributed by atoms with Crippen LogP contribution in [0, 0.1) is 5.82 Å². The van der Waals surface area contributed by atoms with Gasteiger partial charge in [0.15, 0.2) is 0 Å². The van der Waals surface area contributed by atoms with Crippen LogP contribution in [0.2, 0.25) is 0 Å². The highest BCUT2D eigenvalue weighted by atomic mass is 32.2. The van der Waals surface area contributed by atoms with Gasteiger partial charge < -0.3 is 14.0 Å². The summed E-state index contributed by atoms with van der Waals surface area (Å²) in [6.07, 6.45) is 2.56. The first-order valence-electron chi connectivity index (χ1n) is 11.2. The number of carbonyl (C=O) groups is 2. The van der Waals surface area contributed by atoms with E-state index in [9.17, 15) is 23.3 Å². The monoisotopic (exact) mass is 530 g/mol. The zero-order chi connectivity index (χ0) is 25.9. The summed E-state index contributed by atoms with van der Waals surface area (Å²) in [7, 11) is 0. The molecule has 0 aromatic heterocycles. The minimum Gasteiger partial charge on any atom is -0.480 e. The molecule has 3 aromatic rings. The topological polar surface area (TPSA) is 89.9 Å². The molecule has 6 nitrogen and oxygen atoms in total. The number of benzene rings is 3. The van der Waals surface area contributed by atoms with Crippen molar-refractivity contribution in [3.8, 4) is 5.75 Å². The second kappa shape index (κ2) is 13.8. The SMILES string of the molecule is CS(=O)Oc1ccc(CC(=O)OCc2ccc(CC(SCCc3ccc(F)cc3)C(=O)O)cc2)cc1. The second-order valence-electron chi connectivity index (χ2n) is 8.06. The van der Waals surface area contributed by atoms with Gasteiger partial charge in [-0.2, -0.15) is 0 Å². The van der Waals surface area contributed by atoms with Crippen molar-refractivity contribution < 1.29 is 32.2 Å². The maximum Gasteiger partial charge on any atom is 0.316 e. The maximum atomic E-state index is 13.0. The molecule has 0 aliphatic carbocycles. The first kappa shape index (κ1) is 27.4. The van der Waals surface area contributed by atoms with Crippen molar-refractivity contribution in [3.63, 3.8) is 0 Å². The van der Waals surface area contributed by atoms with Gasteiger partial charge in [0, 0.05) is 6.26 Å². The highest BCUT2D eigenvalue weighted by Gasteiger charge is 2.18. The number of ether oxygens (including phenoxy) is 1. The summed E-state index contributed by atoms with van der Waals surface area (Å²) in [5.41, 5.74) is 3.40. The van der Waals surface area contributed by atoms with Crippen LogP contribution >= 0.6 is 11.8 Å². The number of carbonyl (C=O) groups excluding carboxylic acids is 1. The summed E-state index contributed by atoms with van der Waals surface area (Å²) in [4.78, 5) is 23.9. The van der Waals surface area contributed by atoms with Crippen LogP contribution in [0.15, 0.2) is 72.8 Å². The minimum absolute atomic E-state index is 0.100. The number of aryl methyl sites for hydroxylation is 1. The first-order valence-corrected chi connectivity index (χ1v) is 13.7. The molecule has 190 valence electrons. The molecule has 0 aliphatic rings. The van der Waals surface area contributed by atoms with Crippen LogP contribution in [0.4, 0.5) is 4.39 Å². The molecule has 3 rings (SSSR count). The van der Waals surface area contributed by atoms with Crippen LogP contribution in [0.5, 0.6) is 5.75 Å². The summed E-state index contributed by atoms with van der Waals surface area (Å²) in [5.74, 6) is -0.467. The number of hydrogen-bond donors (Lipinski definition) is 1. The Morgan fingerprint density at radius 1 is 0.917 bits per heavy atom. The molecule has 2 unspecified atom stereocenters. The van der Waals surface area contributed by atoms with Gasteiger partial charge in [-0.3, -0.25) is 9.59 Å². The van der Waals surface area contributed by atoms with Crippen molar-refractivity contribution >= 4 is 34.8 Å². The predicted octanol–water partition coefficient (Wildman–Crippen LogP) is 4.76.